The van der Waals surface area contributed by atoms with Crippen molar-refractivity contribution in [1.29, 1.82) is 0 Å². The molecule has 0 radical (unpaired) electrons. The second-order valence-electron chi connectivity index (χ2n) is 4.31. The highest BCUT2D eigenvalue weighted by atomic mass is 35.5. The quantitative estimate of drug-likeness (QED) is 0.880. The Morgan fingerprint density at radius 2 is 2.00 bits per heavy atom. The minimum Gasteiger partial charge on any atom is -0.392 e. The first-order valence-corrected chi connectivity index (χ1v) is 6.14. The molecule has 1 N–H and O–H groups in total. The first-order chi connectivity index (χ1) is 7.77. The minimum absolute atomic E-state index is 0.302. The standard InChI is InChI=1S/C13H17ClO2/c14-12-4-2-1-3-11(12)9-13(15)10-5-7-16-8-6-10/h1-4,10,13,15H,5-9H2. The number of aliphatic hydroxyl groups excluding tert-OH is 1. The zero-order chi connectivity index (χ0) is 11.4. The lowest BCUT2D eigenvalue weighted by molar-refractivity contribution is 0.00840. The first-order valence-electron chi connectivity index (χ1n) is 5.76. The Labute approximate surface area is 101 Å². The van der Waals surface area contributed by atoms with Crippen molar-refractivity contribution < 1.29 is 9.84 Å². The summed E-state index contributed by atoms with van der Waals surface area (Å²) in [6.07, 6.45) is 2.24. The fourth-order valence-corrected chi connectivity index (χ4v) is 2.37. The third kappa shape index (κ3) is 2.97. The highest BCUT2D eigenvalue weighted by Crippen LogP contribution is 2.24. The fraction of sp³-hybridized carbons (Fsp3) is 0.538. The molecule has 88 valence electrons. The van der Waals surface area contributed by atoms with Gasteiger partial charge in [0, 0.05) is 24.7 Å². The van der Waals surface area contributed by atoms with Gasteiger partial charge in [-0.15, -0.1) is 0 Å². The molecule has 1 aliphatic rings. The van der Waals surface area contributed by atoms with Crippen LogP contribution in [0.25, 0.3) is 0 Å². The van der Waals surface area contributed by atoms with E-state index in [0.29, 0.717) is 12.3 Å². The Bertz CT molecular complexity index is 334. The van der Waals surface area contributed by atoms with Crippen LogP contribution in [-0.2, 0) is 11.2 Å². The molecule has 16 heavy (non-hydrogen) atoms. The van der Waals surface area contributed by atoms with Crippen LogP contribution >= 0.6 is 11.6 Å². The third-order valence-electron chi connectivity index (χ3n) is 3.20. The lowest BCUT2D eigenvalue weighted by atomic mass is 9.90. The monoisotopic (exact) mass is 240 g/mol. The molecule has 1 saturated heterocycles. The SMILES string of the molecule is OC(Cc1ccccc1Cl)C1CCOCC1. The van der Waals surface area contributed by atoms with Crippen molar-refractivity contribution in [2.45, 2.75) is 25.4 Å². The van der Waals surface area contributed by atoms with E-state index in [4.69, 9.17) is 16.3 Å². The molecule has 0 spiro atoms. The molecule has 0 bridgehead atoms. The van der Waals surface area contributed by atoms with E-state index >= 15 is 0 Å². The third-order valence-corrected chi connectivity index (χ3v) is 3.57. The fourth-order valence-electron chi connectivity index (χ4n) is 2.16. The van der Waals surface area contributed by atoms with E-state index in [1.54, 1.807) is 0 Å². The van der Waals surface area contributed by atoms with Crippen molar-refractivity contribution in [3.8, 4) is 0 Å². The Morgan fingerprint density at radius 3 is 2.69 bits per heavy atom. The number of hydrogen-bond acceptors (Lipinski definition) is 2. The van der Waals surface area contributed by atoms with Gasteiger partial charge in [-0.25, -0.2) is 0 Å². The van der Waals surface area contributed by atoms with Gasteiger partial charge in [-0.3, -0.25) is 0 Å². The molecule has 1 heterocycles. The smallest absolute Gasteiger partial charge is 0.0610 e. The van der Waals surface area contributed by atoms with Crippen molar-refractivity contribution in [2.24, 2.45) is 5.92 Å². The summed E-state index contributed by atoms with van der Waals surface area (Å²) in [6.45, 7) is 1.54. The Hall–Kier alpha value is -0.570. The van der Waals surface area contributed by atoms with Gasteiger partial charge in [-0.05, 0) is 30.4 Å². The van der Waals surface area contributed by atoms with E-state index in [-0.39, 0.29) is 6.10 Å². The molecular weight excluding hydrogens is 224 g/mol. The summed E-state index contributed by atoms with van der Waals surface area (Å²) in [4.78, 5) is 0. The van der Waals surface area contributed by atoms with Crippen LogP contribution in [0, 0.1) is 5.92 Å². The number of ether oxygens (including phenoxy) is 1. The molecule has 1 atom stereocenters. The maximum atomic E-state index is 10.1. The molecule has 1 unspecified atom stereocenters. The summed E-state index contributed by atoms with van der Waals surface area (Å²) in [5.41, 5.74) is 1.03. The molecule has 0 aromatic heterocycles. The van der Waals surface area contributed by atoms with Gasteiger partial charge >= 0.3 is 0 Å². The highest BCUT2D eigenvalue weighted by molar-refractivity contribution is 6.31. The van der Waals surface area contributed by atoms with Gasteiger partial charge in [0.05, 0.1) is 6.10 Å². The van der Waals surface area contributed by atoms with Gasteiger partial charge in [-0.1, -0.05) is 29.8 Å². The molecular formula is C13H17ClO2. The molecule has 2 rings (SSSR count). The van der Waals surface area contributed by atoms with E-state index in [1.807, 2.05) is 24.3 Å². The number of rotatable bonds is 3. The Kier molecular flexibility index (Phi) is 4.22. The normalized spacial score (nSPS) is 19.6. The summed E-state index contributed by atoms with van der Waals surface area (Å²) < 4.78 is 5.29. The van der Waals surface area contributed by atoms with E-state index in [9.17, 15) is 5.11 Å². The first kappa shape index (κ1) is 11.9. The molecule has 0 amide bonds. The molecule has 0 saturated carbocycles. The summed E-state index contributed by atoms with van der Waals surface area (Å²) in [5.74, 6) is 0.352. The van der Waals surface area contributed by atoms with Gasteiger partial charge in [0.25, 0.3) is 0 Å². The predicted molar refractivity (Wildman–Crippen MR) is 64.7 cm³/mol. The topological polar surface area (TPSA) is 29.5 Å². The minimum atomic E-state index is -0.302. The van der Waals surface area contributed by atoms with Crippen molar-refractivity contribution >= 4 is 11.6 Å². The van der Waals surface area contributed by atoms with Crippen molar-refractivity contribution in [3.05, 3.63) is 34.9 Å². The van der Waals surface area contributed by atoms with Crippen molar-refractivity contribution in [1.82, 2.24) is 0 Å². The summed E-state index contributed by atoms with van der Waals surface area (Å²) in [6, 6.07) is 7.71. The molecule has 1 aliphatic heterocycles. The number of hydrogen-bond donors (Lipinski definition) is 1. The maximum absolute atomic E-state index is 10.1. The maximum Gasteiger partial charge on any atom is 0.0610 e. The van der Waals surface area contributed by atoms with Crippen molar-refractivity contribution in [3.63, 3.8) is 0 Å². The summed E-state index contributed by atoms with van der Waals surface area (Å²) in [7, 11) is 0. The second-order valence-corrected chi connectivity index (χ2v) is 4.72. The second kappa shape index (κ2) is 5.67. The average Bonchev–Trinajstić information content (AvgIpc) is 2.33. The number of halogens is 1. The van der Waals surface area contributed by atoms with Gasteiger partial charge in [0.1, 0.15) is 0 Å². The van der Waals surface area contributed by atoms with Crippen LogP contribution in [0.3, 0.4) is 0 Å². The van der Waals surface area contributed by atoms with Gasteiger partial charge in [0.15, 0.2) is 0 Å². The zero-order valence-corrected chi connectivity index (χ0v) is 9.99. The molecule has 1 fully saturated rings. The van der Waals surface area contributed by atoms with Crippen LogP contribution in [0.4, 0.5) is 0 Å². The number of aliphatic hydroxyl groups is 1. The van der Waals surface area contributed by atoms with Gasteiger partial charge < -0.3 is 9.84 Å². The van der Waals surface area contributed by atoms with Crippen LogP contribution in [-0.4, -0.2) is 24.4 Å². The van der Waals surface area contributed by atoms with Gasteiger partial charge in [0.2, 0.25) is 0 Å². The average molecular weight is 241 g/mol. The molecule has 3 heteroatoms. The van der Waals surface area contributed by atoms with Gasteiger partial charge in [-0.2, -0.15) is 0 Å². The largest absolute Gasteiger partial charge is 0.392 e. The lowest BCUT2D eigenvalue weighted by Crippen LogP contribution is -2.28. The van der Waals surface area contributed by atoms with Crippen LogP contribution < -0.4 is 0 Å². The predicted octanol–water partition coefficient (Wildman–Crippen LogP) is 2.67. The summed E-state index contributed by atoms with van der Waals surface area (Å²) in [5, 5.41) is 10.9. The zero-order valence-electron chi connectivity index (χ0n) is 9.23. The highest BCUT2D eigenvalue weighted by Gasteiger charge is 2.22. The van der Waals surface area contributed by atoms with E-state index in [0.717, 1.165) is 36.6 Å². The number of benzene rings is 1. The van der Waals surface area contributed by atoms with E-state index < -0.39 is 0 Å². The van der Waals surface area contributed by atoms with E-state index in [1.165, 1.54) is 0 Å². The van der Waals surface area contributed by atoms with Crippen LogP contribution in [0.5, 0.6) is 0 Å². The molecule has 1 aromatic rings. The Balaban J connectivity index is 1.96. The van der Waals surface area contributed by atoms with E-state index in [2.05, 4.69) is 0 Å². The lowest BCUT2D eigenvalue weighted by Gasteiger charge is -2.26. The Morgan fingerprint density at radius 1 is 1.31 bits per heavy atom. The van der Waals surface area contributed by atoms with Crippen LogP contribution in [0.2, 0.25) is 5.02 Å². The molecule has 0 aliphatic carbocycles. The van der Waals surface area contributed by atoms with Crippen LogP contribution in [0.1, 0.15) is 18.4 Å². The molecule has 2 nitrogen and oxygen atoms in total. The molecule has 1 aromatic carbocycles. The van der Waals surface area contributed by atoms with Crippen LogP contribution in [0.15, 0.2) is 24.3 Å². The summed E-state index contributed by atoms with van der Waals surface area (Å²) >= 11 is 6.07. The van der Waals surface area contributed by atoms with Crippen molar-refractivity contribution in [2.75, 3.05) is 13.2 Å².